The Morgan fingerprint density at radius 2 is 1.92 bits per heavy atom. The SMILES string of the molecule is CNCCN(C(=O)C=Cc1n[nH]c2ccccc12)c1ccccc1. The van der Waals surface area contributed by atoms with Gasteiger partial charge in [0.25, 0.3) is 5.91 Å². The van der Waals surface area contributed by atoms with Gasteiger partial charge in [-0.3, -0.25) is 9.89 Å². The first-order valence-electron chi connectivity index (χ1n) is 7.92. The molecule has 0 saturated carbocycles. The van der Waals surface area contributed by atoms with Gasteiger partial charge in [-0.15, -0.1) is 0 Å². The Morgan fingerprint density at radius 1 is 1.17 bits per heavy atom. The minimum atomic E-state index is -0.0662. The van der Waals surface area contributed by atoms with Crippen molar-refractivity contribution in [2.75, 3.05) is 25.0 Å². The zero-order chi connectivity index (χ0) is 16.8. The van der Waals surface area contributed by atoms with Crippen molar-refractivity contribution in [2.24, 2.45) is 0 Å². The van der Waals surface area contributed by atoms with Gasteiger partial charge >= 0.3 is 0 Å². The lowest BCUT2D eigenvalue weighted by Gasteiger charge is -2.21. The second kappa shape index (κ2) is 7.57. The molecular weight excluding hydrogens is 300 g/mol. The summed E-state index contributed by atoms with van der Waals surface area (Å²) in [6.45, 7) is 1.32. The van der Waals surface area contributed by atoms with Crippen LogP contribution in [0.2, 0.25) is 0 Å². The summed E-state index contributed by atoms with van der Waals surface area (Å²) in [4.78, 5) is 14.4. The first kappa shape index (κ1) is 16.0. The van der Waals surface area contributed by atoms with E-state index in [1.807, 2.05) is 61.6 Å². The number of hydrogen-bond acceptors (Lipinski definition) is 3. The fourth-order valence-corrected chi connectivity index (χ4v) is 2.55. The summed E-state index contributed by atoms with van der Waals surface area (Å²) in [5.41, 5.74) is 2.61. The lowest BCUT2D eigenvalue weighted by Crippen LogP contribution is -2.35. The quantitative estimate of drug-likeness (QED) is 0.687. The molecule has 2 N–H and O–H groups in total. The molecule has 2 aromatic carbocycles. The number of likely N-dealkylation sites (N-methyl/N-ethyl adjacent to an activating group) is 1. The monoisotopic (exact) mass is 320 g/mol. The number of aromatic nitrogens is 2. The molecule has 0 bridgehead atoms. The van der Waals surface area contributed by atoms with Crippen LogP contribution in [-0.2, 0) is 4.79 Å². The fourth-order valence-electron chi connectivity index (χ4n) is 2.55. The van der Waals surface area contributed by atoms with Crippen LogP contribution in [-0.4, -0.2) is 36.2 Å². The number of nitrogens with one attached hydrogen (secondary N) is 2. The zero-order valence-corrected chi connectivity index (χ0v) is 13.6. The second-order valence-electron chi connectivity index (χ2n) is 5.42. The molecule has 1 amide bonds. The zero-order valence-electron chi connectivity index (χ0n) is 13.6. The van der Waals surface area contributed by atoms with E-state index in [0.717, 1.165) is 28.8 Å². The van der Waals surface area contributed by atoms with Crippen LogP contribution in [0.4, 0.5) is 5.69 Å². The van der Waals surface area contributed by atoms with Crippen LogP contribution in [0.5, 0.6) is 0 Å². The predicted octanol–water partition coefficient (Wildman–Crippen LogP) is 2.83. The number of carbonyl (C=O) groups is 1. The van der Waals surface area contributed by atoms with Crippen LogP contribution >= 0.6 is 0 Å². The fraction of sp³-hybridized carbons (Fsp3) is 0.158. The Labute approximate surface area is 141 Å². The normalized spacial score (nSPS) is 11.2. The van der Waals surface area contributed by atoms with Crippen LogP contribution in [0.1, 0.15) is 5.69 Å². The topological polar surface area (TPSA) is 61.0 Å². The highest BCUT2D eigenvalue weighted by molar-refractivity contribution is 6.04. The van der Waals surface area contributed by atoms with E-state index >= 15 is 0 Å². The number of fused-ring (bicyclic) bond motifs is 1. The van der Waals surface area contributed by atoms with E-state index in [9.17, 15) is 4.79 Å². The van der Waals surface area contributed by atoms with Gasteiger partial charge in [-0.1, -0.05) is 36.4 Å². The van der Waals surface area contributed by atoms with E-state index < -0.39 is 0 Å². The minimum Gasteiger partial charge on any atom is -0.318 e. The molecule has 0 unspecified atom stereocenters. The molecule has 0 spiro atoms. The van der Waals surface area contributed by atoms with Crippen molar-refractivity contribution in [3.05, 3.63) is 66.4 Å². The van der Waals surface area contributed by atoms with Crippen molar-refractivity contribution in [1.29, 1.82) is 0 Å². The Bertz CT molecular complexity index is 839. The van der Waals surface area contributed by atoms with Gasteiger partial charge in [0.2, 0.25) is 0 Å². The maximum atomic E-state index is 12.7. The largest absolute Gasteiger partial charge is 0.318 e. The summed E-state index contributed by atoms with van der Waals surface area (Å²) in [7, 11) is 1.87. The third kappa shape index (κ3) is 3.52. The van der Waals surface area contributed by atoms with E-state index in [2.05, 4.69) is 15.5 Å². The summed E-state index contributed by atoms with van der Waals surface area (Å²) >= 11 is 0. The number of aromatic amines is 1. The first-order valence-corrected chi connectivity index (χ1v) is 7.92. The minimum absolute atomic E-state index is 0.0662. The van der Waals surface area contributed by atoms with Gasteiger partial charge in [-0.2, -0.15) is 5.10 Å². The molecule has 3 aromatic rings. The molecule has 0 saturated heterocycles. The molecular formula is C19H20N4O. The molecule has 0 aliphatic carbocycles. The van der Waals surface area contributed by atoms with Crippen molar-refractivity contribution in [3.8, 4) is 0 Å². The molecule has 3 rings (SSSR count). The average molecular weight is 320 g/mol. The van der Waals surface area contributed by atoms with Crippen molar-refractivity contribution in [2.45, 2.75) is 0 Å². The molecule has 5 heteroatoms. The number of rotatable bonds is 6. The highest BCUT2D eigenvalue weighted by Gasteiger charge is 2.12. The maximum absolute atomic E-state index is 12.7. The van der Waals surface area contributed by atoms with E-state index in [1.165, 1.54) is 0 Å². The van der Waals surface area contributed by atoms with Crippen molar-refractivity contribution in [1.82, 2.24) is 15.5 Å². The Kier molecular flexibility index (Phi) is 5.03. The van der Waals surface area contributed by atoms with Gasteiger partial charge in [0.05, 0.1) is 11.2 Å². The van der Waals surface area contributed by atoms with Gasteiger partial charge in [0.1, 0.15) is 0 Å². The van der Waals surface area contributed by atoms with Crippen molar-refractivity contribution in [3.63, 3.8) is 0 Å². The molecule has 1 aromatic heterocycles. The molecule has 0 fully saturated rings. The molecule has 0 aliphatic heterocycles. The number of hydrogen-bond donors (Lipinski definition) is 2. The van der Waals surface area contributed by atoms with Crippen LogP contribution in [0.15, 0.2) is 60.7 Å². The lowest BCUT2D eigenvalue weighted by atomic mass is 10.2. The van der Waals surface area contributed by atoms with E-state index in [1.54, 1.807) is 17.1 Å². The molecule has 0 aliphatic rings. The van der Waals surface area contributed by atoms with Crippen LogP contribution in [0, 0.1) is 0 Å². The molecule has 24 heavy (non-hydrogen) atoms. The summed E-state index contributed by atoms with van der Waals surface area (Å²) in [5.74, 6) is -0.0662. The summed E-state index contributed by atoms with van der Waals surface area (Å²) < 4.78 is 0. The first-order chi connectivity index (χ1) is 11.8. The number of nitrogens with zero attached hydrogens (tertiary/aromatic N) is 2. The second-order valence-corrected chi connectivity index (χ2v) is 5.42. The molecule has 122 valence electrons. The number of H-pyrrole nitrogens is 1. The number of anilines is 1. The van der Waals surface area contributed by atoms with Crippen molar-refractivity contribution >= 4 is 28.6 Å². The van der Waals surface area contributed by atoms with E-state index in [0.29, 0.717) is 6.54 Å². The standard InChI is InChI=1S/C19H20N4O/c1-20-13-14-23(15-7-3-2-4-8-15)19(24)12-11-18-16-9-5-6-10-17(16)21-22-18/h2-12,20H,13-14H2,1H3,(H,21,22). The molecule has 1 heterocycles. The Morgan fingerprint density at radius 3 is 2.71 bits per heavy atom. The highest BCUT2D eigenvalue weighted by Crippen LogP contribution is 2.17. The van der Waals surface area contributed by atoms with Crippen LogP contribution in [0.25, 0.3) is 17.0 Å². The van der Waals surface area contributed by atoms with Gasteiger partial charge in [0, 0.05) is 30.2 Å². The number of benzene rings is 2. The van der Waals surface area contributed by atoms with E-state index in [-0.39, 0.29) is 5.91 Å². The molecule has 0 atom stereocenters. The third-order valence-electron chi connectivity index (χ3n) is 3.80. The van der Waals surface area contributed by atoms with Gasteiger partial charge in [-0.05, 0) is 31.3 Å². The Hall–Kier alpha value is -2.92. The summed E-state index contributed by atoms with van der Waals surface area (Å²) in [6, 6.07) is 17.5. The number of carbonyl (C=O) groups excluding carboxylic acids is 1. The lowest BCUT2D eigenvalue weighted by molar-refractivity contribution is -0.114. The molecule has 5 nitrogen and oxygen atoms in total. The maximum Gasteiger partial charge on any atom is 0.251 e. The van der Waals surface area contributed by atoms with Crippen LogP contribution in [0.3, 0.4) is 0 Å². The van der Waals surface area contributed by atoms with Gasteiger partial charge < -0.3 is 10.2 Å². The summed E-state index contributed by atoms with van der Waals surface area (Å²) in [5, 5.41) is 11.3. The van der Waals surface area contributed by atoms with Gasteiger partial charge in [-0.25, -0.2) is 0 Å². The van der Waals surface area contributed by atoms with Crippen LogP contribution < -0.4 is 10.2 Å². The average Bonchev–Trinajstić information content (AvgIpc) is 3.04. The van der Waals surface area contributed by atoms with E-state index in [4.69, 9.17) is 0 Å². The third-order valence-corrected chi connectivity index (χ3v) is 3.80. The van der Waals surface area contributed by atoms with Gasteiger partial charge in [0.15, 0.2) is 0 Å². The number of para-hydroxylation sites is 2. The van der Waals surface area contributed by atoms with Crippen molar-refractivity contribution < 1.29 is 4.79 Å². The predicted molar refractivity (Wildman–Crippen MR) is 97.8 cm³/mol. The summed E-state index contributed by atoms with van der Waals surface area (Å²) in [6.07, 6.45) is 3.34. The number of amides is 1. The Balaban J connectivity index is 1.82. The highest BCUT2D eigenvalue weighted by atomic mass is 16.2. The smallest absolute Gasteiger partial charge is 0.251 e. The molecule has 0 radical (unpaired) electrons.